The molecule has 1 aromatic rings. The summed E-state index contributed by atoms with van der Waals surface area (Å²) in [6.07, 6.45) is 1.79. The van der Waals surface area contributed by atoms with Gasteiger partial charge in [-0.05, 0) is 31.0 Å². The lowest BCUT2D eigenvalue weighted by Gasteiger charge is -2.33. The fourth-order valence-corrected chi connectivity index (χ4v) is 2.90. The molecule has 1 unspecified atom stereocenters. The zero-order valence-corrected chi connectivity index (χ0v) is 12.8. The Morgan fingerprint density at radius 3 is 2.90 bits per heavy atom. The van der Waals surface area contributed by atoms with Crippen molar-refractivity contribution in [2.45, 2.75) is 12.8 Å². The third-order valence-electron chi connectivity index (χ3n) is 3.53. The first-order valence-electron chi connectivity index (χ1n) is 6.45. The predicted octanol–water partition coefficient (Wildman–Crippen LogP) is 2.36. The third-order valence-corrected chi connectivity index (χ3v) is 4.07. The van der Waals surface area contributed by atoms with E-state index in [1.54, 1.807) is 6.07 Å². The highest BCUT2D eigenvalue weighted by Gasteiger charge is 2.27. The van der Waals surface area contributed by atoms with E-state index in [2.05, 4.69) is 4.90 Å². The third kappa shape index (κ3) is 3.22. The maximum Gasteiger partial charge on any atom is 0.310 e. The van der Waals surface area contributed by atoms with Crippen molar-refractivity contribution in [2.75, 3.05) is 25.1 Å². The van der Waals surface area contributed by atoms with Crippen LogP contribution in [0.5, 0.6) is 0 Å². The molecule has 1 aliphatic rings. The molecule has 0 aliphatic carbocycles. The van der Waals surface area contributed by atoms with E-state index in [9.17, 15) is 4.79 Å². The highest BCUT2D eigenvalue weighted by molar-refractivity contribution is 7.80. The number of anilines is 1. The number of carbonyl (C=O) groups is 1. The Labute approximate surface area is 128 Å². The normalized spacial score (nSPS) is 18.7. The molecule has 20 heavy (non-hydrogen) atoms. The number of hydrogen-bond donors (Lipinski definition) is 1. The number of ether oxygens (including phenoxy) is 1. The van der Waals surface area contributed by atoms with Crippen LogP contribution < -0.4 is 10.6 Å². The van der Waals surface area contributed by atoms with Gasteiger partial charge in [0.2, 0.25) is 0 Å². The minimum Gasteiger partial charge on any atom is -0.469 e. The van der Waals surface area contributed by atoms with Gasteiger partial charge in [0.15, 0.2) is 0 Å². The van der Waals surface area contributed by atoms with Gasteiger partial charge in [0.05, 0.1) is 23.7 Å². The number of nitrogens with zero attached hydrogens (tertiary/aromatic N) is 1. The minimum atomic E-state index is -0.162. The SMILES string of the molecule is COC(=O)C1CCCN(c2ccc(C(N)=S)cc2Cl)C1. The van der Waals surface area contributed by atoms with Gasteiger partial charge in [-0.25, -0.2) is 0 Å². The number of esters is 1. The van der Waals surface area contributed by atoms with Crippen LogP contribution >= 0.6 is 23.8 Å². The number of halogens is 1. The highest BCUT2D eigenvalue weighted by atomic mass is 35.5. The molecule has 0 amide bonds. The molecule has 0 radical (unpaired) electrons. The van der Waals surface area contributed by atoms with Crippen molar-refractivity contribution in [1.82, 2.24) is 0 Å². The van der Waals surface area contributed by atoms with Gasteiger partial charge >= 0.3 is 5.97 Å². The number of nitrogens with two attached hydrogens (primary N) is 1. The average molecular weight is 313 g/mol. The van der Waals surface area contributed by atoms with Crippen LogP contribution in [0.25, 0.3) is 0 Å². The summed E-state index contributed by atoms with van der Waals surface area (Å²) >= 11 is 11.2. The van der Waals surface area contributed by atoms with Crippen molar-refractivity contribution in [3.63, 3.8) is 0 Å². The Kier molecular flexibility index (Phi) is 4.83. The molecule has 0 aromatic heterocycles. The Morgan fingerprint density at radius 2 is 2.30 bits per heavy atom. The zero-order valence-electron chi connectivity index (χ0n) is 11.3. The predicted molar refractivity (Wildman–Crippen MR) is 84.3 cm³/mol. The van der Waals surface area contributed by atoms with Crippen LogP contribution in [0.1, 0.15) is 18.4 Å². The first-order valence-corrected chi connectivity index (χ1v) is 7.23. The molecule has 2 rings (SSSR count). The van der Waals surface area contributed by atoms with E-state index in [4.69, 9.17) is 34.3 Å². The van der Waals surface area contributed by atoms with Crippen molar-refractivity contribution >= 4 is 40.5 Å². The van der Waals surface area contributed by atoms with Crippen LogP contribution in [-0.4, -0.2) is 31.2 Å². The average Bonchev–Trinajstić information content (AvgIpc) is 2.46. The number of rotatable bonds is 3. The second kappa shape index (κ2) is 6.41. The van der Waals surface area contributed by atoms with Gasteiger partial charge < -0.3 is 15.4 Å². The molecule has 2 N–H and O–H groups in total. The van der Waals surface area contributed by atoms with Crippen LogP contribution in [-0.2, 0) is 9.53 Å². The summed E-state index contributed by atoms with van der Waals surface area (Å²) in [7, 11) is 1.42. The lowest BCUT2D eigenvalue weighted by atomic mass is 9.97. The number of carbonyl (C=O) groups excluding carboxylic acids is 1. The molecule has 1 fully saturated rings. The first-order chi connectivity index (χ1) is 9.52. The molecule has 1 aliphatic heterocycles. The molecule has 108 valence electrons. The van der Waals surface area contributed by atoms with Gasteiger partial charge in [0, 0.05) is 18.7 Å². The number of benzene rings is 1. The Bertz CT molecular complexity index is 536. The molecule has 1 atom stereocenters. The van der Waals surface area contributed by atoms with Gasteiger partial charge in [-0.1, -0.05) is 23.8 Å². The molecule has 1 heterocycles. The van der Waals surface area contributed by atoms with Crippen molar-refractivity contribution < 1.29 is 9.53 Å². The molecule has 0 saturated carbocycles. The Hall–Kier alpha value is -1.33. The zero-order chi connectivity index (χ0) is 14.7. The van der Waals surface area contributed by atoms with Crippen LogP contribution in [0.15, 0.2) is 18.2 Å². The Morgan fingerprint density at radius 1 is 1.55 bits per heavy atom. The quantitative estimate of drug-likeness (QED) is 0.686. The van der Waals surface area contributed by atoms with Crippen molar-refractivity contribution in [2.24, 2.45) is 11.7 Å². The molecule has 0 bridgehead atoms. The van der Waals surface area contributed by atoms with Gasteiger partial charge in [-0.15, -0.1) is 0 Å². The topological polar surface area (TPSA) is 55.6 Å². The van der Waals surface area contributed by atoms with Gasteiger partial charge in [-0.2, -0.15) is 0 Å². The van der Waals surface area contributed by atoms with Gasteiger partial charge in [-0.3, -0.25) is 4.79 Å². The summed E-state index contributed by atoms with van der Waals surface area (Å²) in [6, 6.07) is 5.52. The van der Waals surface area contributed by atoms with Crippen LogP contribution in [0.2, 0.25) is 5.02 Å². The van der Waals surface area contributed by atoms with Crippen LogP contribution in [0, 0.1) is 5.92 Å². The highest BCUT2D eigenvalue weighted by Crippen LogP contribution is 2.31. The summed E-state index contributed by atoms with van der Waals surface area (Å²) in [5.74, 6) is -0.259. The van der Waals surface area contributed by atoms with E-state index in [0.29, 0.717) is 16.6 Å². The summed E-state index contributed by atoms with van der Waals surface area (Å²) in [6.45, 7) is 1.50. The molecule has 6 heteroatoms. The second-order valence-corrected chi connectivity index (χ2v) is 5.69. The summed E-state index contributed by atoms with van der Waals surface area (Å²) < 4.78 is 4.82. The molecular weight excluding hydrogens is 296 g/mol. The standard InChI is InChI=1S/C14H17ClN2O2S/c1-19-14(18)10-3-2-6-17(8-10)12-5-4-9(13(16)20)7-11(12)15/h4-5,7,10H,2-3,6,8H2,1H3,(H2,16,20). The van der Waals surface area contributed by atoms with Crippen molar-refractivity contribution in [1.29, 1.82) is 0 Å². The number of piperidine rings is 1. The summed E-state index contributed by atoms with van der Waals surface area (Å²) in [4.78, 5) is 14.1. The van der Waals surface area contributed by atoms with Gasteiger partial charge in [0.25, 0.3) is 0 Å². The van der Waals surface area contributed by atoms with Gasteiger partial charge in [0.1, 0.15) is 4.99 Å². The Balaban J connectivity index is 2.19. The largest absolute Gasteiger partial charge is 0.469 e. The van der Waals surface area contributed by atoms with E-state index < -0.39 is 0 Å². The molecular formula is C14H17ClN2O2S. The van der Waals surface area contributed by atoms with Crippen LogP contribution in [0.4, 0.5) is 5.69 Å². The summed E-state index contributed by atoms with van der Waals surface area (Å²) in [5, 5.41) is 0.598. The number of thiocarbonyl (C=S) groups is 1. The van der Waals surface area contributed by atoms with E-state index in [1.165, 1.54) is 7.11 Å². The molecule has 1 saturated heterocycles. The molecule has 1 aromatic carbocycles. The maximum absolute atomic E-state index is 11.7. The lowest BCUT2D eigenvalue weighted by Crippen LogP contribution is -2.39. The van der Waals surface area contributed by atoms with Crippen molar-refractivity contribution in [3.8, 4) is 0 Å². The second-order valence-electron chi connectivity index (χ2n) is 4.84. The van der Waals surface area contributed by atoms with E-state index in [-0.39, 0.29) is 11.9 Å². The molecule has 0 spiro atoms. The van der Waals surface area contributed by atoms with E-state index in [0.717, 1.165) is 30.6 Å². The van der Waals surface area contributed by atoms with Crippen molar-refractivity contribution in [3.05, 3.63) is 28.8 Å². The maximum atomic E-state index is 11.7. The summed E-state index contributed by atoms with van der Waals surface area (Å²) in [5.41, 5.74) is 7.24. The van der Waals surface area contributed by atoms with Crippen LogP contribution in [0.3, 0.4) is 0 Å². The van der Waals surface area contributed by atoms with E-state index in [1.807, 2.05) is 12.1 Å². The lowest BCUT2D eigenvalue weighted by molar-refractivity contribution is -0.145. The minimum absolute atomic E-state index is 0.0971. The monoisotopic (exact) mass is 312 g/mol. The fraction of sp³-hybridized carbons (Fsp3) is 0.429. The fourth-order valence-electron chi connectivity index (χ4n) is 2.47. The molecule has 4 nitrogen and oxygen atoms in total. The van der Waals surface area contributed by atoms with E-state index >= 15 is 0 Å². The first kappa shape index (κ1) is 15.1. The smallest absolute Gasteiger partial charge is 0.310 e. The number of hydrogen-bond acceptors (Lipinski definition) is 4. The number of methoxy groups -OCH3 is 1.